The van der Waals surface area contributed by atoms with Crippen LogP contribution >= 0.6 is 0 Å². The first-order valence-electron chi connectivity index (χ1n) is 6.81. The van der Waals surface area contributed by atoms with Gasteiger partial charge < -0.3 is 10.1 Å². The van der Waals surface area contributed by atoms with Gasteiger partial charge in [0.2, 0.25) is 0 Å². The van der Waals surface area contributed by atoms with E-state index in [1.54, 1.807) is 7.11 Å². The van der Waals surface area contributed by atoms with E-state index >= 15 is 0 Å². The Kier molecular flexibility index (Phi) is 3.51. The van der Waals surface area contributed by atoms with E-state index < -0.39 is 0 Å². The average molecular weight is 253 g/mol. The minimum absolute atomic E-state index is 0.483. The van der Waals surface area contributed by atoms with E-state index in [1.165, 1.54) is 16.7 Å². The Morgan fingerprint density at radius 1 is 1.11 bits per heavy atom. The summed E-state index contributed by atoms with van der Waals surface area (Å²) in [5, 5.41) is 3.50. The number of benzene rings is 2. The lowest BCUT2D eigenvalue weighted by Crippen LogP contribution is -2.12. The minimum atomic E-state index is 0.483. The highest BCUT2D eigenvalue weighted by Gasteiger charge is 2.20. The highest BCUT2D eigenvalue weighted by Crippen LogP contribution is 2.33. The summed E-state index contributed by atoms with van der Waals surface area (Å²) >= 11 is 0. The normalized spacial score (nSPS) is 18.5. The Hall–Kier alpha value is -1.80. The molecule has 2 aromatic rings. The molecule has 1 heterocycles. The van der Waals surface area contributed by atoms with Crippen LogP contribution in [0, 0.1) is 0 Å². The molecule has 0 spiro atoms. The lowest BCUT2D eigenvalue weighted by Gasteiger charge is -2.18. The van der Waals surface area contributed by atoms with Crippen molar-refractivity contribution in [1.29, 1.82) is 0 Å². The monoisotopic (exact) mass is 253 g/mol. The van der Waals surface area contributed by atoms with E-state index in [0.717, 1.165) is 25.3 Å². The topological polar surface area (TPSA) is 21.3 Å². The van der Waals surface area contributed by atoms with Crippen LogP contribution < -0.4 is 10.1 Å². The van der Waals surface area contributed by atoms with Crippen LogP contribution in [0.4, 0.5) is 0 Å². The maximum Gasteiger partial charge on any atom is 0.119 e. The number of methoxy groups -OCH3 is 1. The van der Waals surface area contributed by atoms with Crippen LogP contribution in [0.3, 0.4) is 0 Å². The molecule has 1 atom stereocenters. The van der Waals surface area contributed by atoms with E-state index in [-0.39, 0.29) is 0 Å². The molecule has 1 aliphatic rings. The van der Waals surface area contributed by atoms with E-state index in [1.807, 2.05) is 0 Å². The lowest BCUT2D eigenvalue weighted by atomic mass is 9.86. The summed E-state index contributed by atoms with van der Waals surface area (Å²) in [7, 11) is 1.72. The molecule has 0 saturated heterocycles. The molecular weight excluding hydrogens is 234 g/mol. The Morgan fingerprint density at radius 3 is 2.74 bits per heavy atom. The van der Waals surface area contributed by atoms with Crippen LogP contribution in [0.2, 0.25) is 0 Å². The molecule has 2 aromatic carbocycles. The van der Waals surface area contributed by atoms with Crippen molar-refractivity contribution in [3.05, 3.63) is 65.2 Å². The van der Waals surface area contributed by atoms with Gasteiger partial charge in [-0.2, -0.15) is 0 Å². The van der Waals surface area contributed by atoms with Crippen molar-refractivity contribution in [2.75, 3.05) is 13.7 Å². The number of ether oxygens (including phenoxy) is 1. The molecule has 98 valence electrons. The van der Waals surface area contributed by atoms with Crippen molar-refractivity contribution < 1.29 is 4.74 Å². The number of rotatable bonds is 2. The van der Waals surface area contributed by atoms with Gasteiger partial charge in [0, 0.05) is 12.5 Å². The zero-order valence-corrected chi connectivity index (χ0v) is 11.2. The largest absolute Gasteiger partial charge is 0.497 e. The summed E-state index contributed by atoms with van der Waals surface area (Å²) in [6.07, 6.45) is 1.14. The fourth-order valence-electron chi connectivity index (χ4n) is 2.86. The van der Waals surface area contributed by atoms with Crippen LogP contribution in [-0.4, -0.2) is 13.7 Å². The molecule has 0 aromatic heterocycles. The summed E-state index contributed by atoms with van der Waals surface area (Å²) in [4.78, 5) is 0. The first-order chi connectivity index (χ1) is 9.38. The summed E-state index contributed by atoms with van der Waals surface area (Å²) in [5.74, 6) is 1.42. The maximum absolute atomic E-state index is 5.33. The van der Waals surface area contributed by atoms with Gasteiger partial charge in [0.1, 0.15) is 5.75 Å². The molecule has 0 unspecified atom stereocenters. The van der Waals surface area contributed by atoms with Crippen LogP contribution in [0.25, 0.3) is 0 Å². The fourth-order valence-corrected chi connectivity index (χ4v) is 2.86. The molecule has 3 rings (SSSR count). The highest BCUT2D eigenvalue weighted by atomic mass is 16.5. The highest BCUT2D eigenvalue weighted by molar-refractivity contribution is 5.43. The number of fused-ring (bicyclic) bond motifs is 1. The van der Waals surface area contributed by atoms with E-state index in [4.69, 9.17) is 4.74 Å². The van der Waals surface area contributed by atoms with Crippen LogP contribution in [0.15, 0.2) is 48.5 Å². The lowest BCUT2D eigenvalue weighted by molar-refractivity contribution is 0.414. The van der Waals surface area contributed by atoms with Crippen molar-refractivity contribution in [3.8, 4) is 5.75 Å². The van der Waals surface area contributed by atoms with Crippen molar-refractivity contribution >= 4 is 0 Å². The predicted octanol–water partition coefficient (Wildman–Crippen LogP) is 3.32. The SMILES string of the molecule is COc1ccc2c(c1)CNCC[C@@H]2c1ccccc1. The average Bonchev–Trinajstić information content (AvgIpc) is 2.69. The first-order valence-corrected chi connectivity index (χ1v) is 6.81. The van der Waals surface area contributed by atoms with Gasteiger partial charge in [-0.1, -0.05) is 36.4 Å². The Balaban J connectivity index is 2.04. The van der Waals surface area contributed by atoms with Crippen LogP contribution in [-0.2, 0) is 6.54 Å². The minimum Gasteiger partial charge on any atom is -0.497 e. The quantitative estimate of drug-likeness (QED) is 0.886. The van der Waals surface area contributed by atoms with E-state index in [2.05, 4.69) is 53.8 Å². The van der Waals surface area contributed by atoms with E-state index in [9.17, 15) is 0 Å². The summed E-state index contributed by atoms with van der Waals surface area (Å²) in [6.45, 7) is 1.98. The molecule has 1 N–H and O–H groups in total. The van der Waals surface area contributed by atoms with Crippen molar-refractivity contribution in [3.63, 3.8) is 0 Å². The molecule has 0 bridgehead atoms. The Morgan fingerprint density at radius 2 is 1.95 bits per heavy atom. The fraction of sp³-hybridized carbons (Fsp3) is 0.294. The number of nitrogens with one attached hydrogen (secondary N) is 1. The second-order valence-corrected chi connectivity index (χ2v) is 4.99. The molecule has 0 saturated carbocycles. The molecule has 2 nitrogen and oxygen atoms in total. The number of hydrogen-bond acceptors (Lipinski definition) is 2. The second kappa shape index (κ2) is 5.45. The van der Waals surface area contributed by atoms with Gasteiger partial charge in [-0.3, -0.25) is 0 Å². The third-order valence-corrected chi connectivity index (χ3v) is 3.85. The Bertz CT molecular complexity index is 550. The zero-order valence-electron chi connectivity index (χ0n) is 11.2. The Labute approximate surface area is 114 Å². The molecule has 0 radical (unpaired) electrons. The van der Waals surface area contributed by atoms with Crippen LogP contribution in [0.5, 0.6) is 5.75 Å². The third-order valence-electron chi connectivity index (χ3n) is 3.85. The van der Waals surface area contributed by atoms with Crippen molar-refractivity contribution in [1.82, 2.24) is 5.32 Å². The molecule has 0 fully saturated rings. The van der Waals surface area contributed by atoms with E-state index in [0.29, 0.717) is 5.92 Å². The van der Waals surface area contributed by atoms with Gasteiger partial charge in [0.05, 0.1) is 7.11 Å². The molecule has 1 aliphatic heterocycles. The second-order valence-electron chi connectivity index (χ2n) is 4.99. The van der Waals surface area contributed by atoms with Gasteiger partial charge in [-0.25, -0.2) is 0 Å². The van der Waals surface area contributed by atoms with Crippen molar-refractivity contribution in [2.24, 2.45) is 0 Å². The summed E-state index contributed by atoms with van der Waals surface area (Å²) in [5.41, 5.74) is 4.18. The first kappa shape index (κ1) is 12.2. The predicted molar refractivity (Wildman–Crippen MR) is 77.6 cm³/mol. The molecule has 2 heteroatoms. The van der Waals surface area contributed by atoms with Crippen LogP contribution in [0.1, 0.15) is 29.0 Å². The molecule has 0 amide bonds. The molecule has 0 aliphatic carbocycles. The smallest absolute Gasteiger partial charge is 0.119 e. The maximum atomic E-state index is 5.33. The van der Waals surface area contributed by atoms with Gasteiger partial charge in [0.15, 0.2) is 0 Å². The molecular formula is C17H19NO. The zero-order chi connectivity index (χ0) is 13.1. The summed E-state index contributed by atoms with van der Waals surface area (Å²) < 4.78 is 5.33. The molecule has 19 heavy (non-hydrogen) atoms. The van der Waals surface area contributed by atoms with Gasteiger partial charge in [-0.05, 0) is 41.8 Å². The summed E-state index contributed by atoms with van der Waals surface area (Å²) in [6, 6.07) is 17.2. The van der Waals surface area contributed by atoms with Crippen molar-refractivity contribution in [2.45, 2.75) is 18.9 Å². The van der Waals surface area contributed by atoms with Gasteiger partial charge in [-0.15, -0.1) is 0 Å². The van der Waals surface area contributed by atoms with Gasteiger partial charge in [0.25, 0.3) is 0 Å². The standard InChI is InChI=1S/C17H19NO/c1-19-15-7-8-16-14(11-15)12-18-10-9-17(16)13-5-3-2-4-6-13/h2-8,11,17-18H,9-10,12H2,1H3/t17-/m1/s1. The number of hydrogen-bond donors (Lipinski definition) is 1. The van der Waals surface area contributed by atoms with Gasteiger partial charge >= 0.3 is 0 Å². The third kappa shape index (κ3) is 2.49.